The molecule has 2 N–H and O–H groups in total. The third-order valence-corrected chi connectivity index (χ3v) is 3.88. The van der Waals surface area contributed by atoms with Gasteiger partial charge >= 0.3 is 6.09 Å². The second kappa shape index (κ2) is 4.61. The third kappa shape index (κ3) is 2.08. The van der Waals surface area contributed by atoms with E-state index < -0.39 is 17.7 Å². The van der Waals surface area contributed by atoms with E-state index in [0.717, 1.165) is 5.56 Å². The number of likely N-dealkylation sites (tertiary alicyclic amines) is 1. The zero-order valence-corrected chi connectivity index (χ0v) is 10.7. The van der Waals surface area contributed by atoms with Crippen molar-refractivity contribution in [3.63, 3.8) is 0 Å². The van der Waals surface area contributed by atoms with Gasteiger partial charge in [-0.25, -0.2) is 4.79 Å². The van der Waals surface area contributed by atoms with Crippen molar-refractivity contribution in [3.8, 4) is 0 Å². The van der Waals surface area contributed by atoms with E-state index in [-0.39, 0.29) is 6.04 Å². The third-order valence-electron chi connectivity index (χ3n) is 3.88. The van der Waals surface area contributed by atoms with Crippen molar-refractivity contribution in [2.24, 2.45) is 0 Å². The molecule has 1 aliphatic rings. The zero-order chi connectivity index (χ0) is 13.3. The molecule has 18 heavy (non-hydrogen) atoms. The maximum absolute atomic E-state index is 11.4. The highest BCUT2D eigenvalue weighted by Gasteiger charge is 2.50. The second-order valence-electron chi connectivity index (χ2n) is 5.27. The Morgan fingerprint density at radius 3 is 2.61 bits per heavy atom. The summed E-state index contributed by atoms with van der Waals surface area (Å²) in [6.07, 6.45) is -0.553. The normalized spacial score (nSPS) is 31.6. The van der Waals surface area contributed by atoms with Gasteiger partial charge in [-0.1, -0.05) is 30.3 Å². The lowest BCUT2D eigenvalue weighted by Crippen LogP contribution is -2.53. The van der Waals surface area contributed by atoms with Crippen LogP contribution < -0.4 is 0 Å². The quantitative estimate of drug-likeness (QED) is 0.844. The van der Waals surface area contributed by atoms with E-state index in [1.807, 2.05) is 44.2 Å². The first-order valence-corrected chi connectivity index (χ1v) is 6.19. The Morgan fingerprint density at radius 1 is 1.44 bits per heavy atom. The van der Waals surface area contributed by atoms with Gasteiger partial charge in [0, 0.05) is 6.04 Å². The fourth-order valence-electron chi connectivity index (χ4n) is 2.97. The Morgan fingerprint density at radius 2 is 2.06 bits per heavy atom. The fourth-order valence-corrected chi connectivity index (χ4v) is 2.97. The number of amides is 1. The minimum Gasteiger partial charge on any atom is -0.465 e. The van der Waals surface area contributed by atoms with E-state index >= 15 is 0 Å². The minimum atomic E-state index is -0.961. The van der Waals surface area contributed by atoms with Crippen LogP contribution in [-0.2, 0) is 6.42 Å². The first kappa shape index (κ1) is 12.9. The van der Waals surface area contributed by atoms with Gasteiger partial charge in [-0.05, 0) is 32.3 Å². The fraction of sp³-hybridized carbons (Fsp3) is 0.500. The molecule has 0 aromatic heterocycles. The number of carboxylic acid groups (broad SMARTS) is 1. The van der Waals surface area contributed by atoms with Crippen molar-refractivity contribution in [2.75, 3.05) is 0 Å². The predicted octanol–water partition coefficient (Wildman–Crippen LogP) is 2.12. The largest absolute Gasteiger partial charge is 0.465 e. The maximum atomic E-state index is 11.4. The molecule has 1 aromatic carbocycles. The highest BCUT2D eigenvalue weighted by atomic mass is 16.4. The molecular weight excluding hydrogens is 230 g/mol. The van der Waals surface area contributed by atoms with Gasteiger partial charge < -0.3 is 10.2 Å². The first-order valence-electron chi connectivity index (χ1n) is 6.19. The smallest absolute Gasteiger partial charge is 0.408 e. The molecule has 1 aromatic rings. The molecule has 4 nitrogen and oxygen atoms in total. The van der Waals surface area contributed by atoms with Gasteiger partial charge in [-0.2, -0.15) is 0 Å². The van der Waals surface area contributed by atoms with Crippen LogP contribution in [0.25, 0.3) is 0 Å². The lowest BCUT2D eigenvalue weighted by atomic mass is 9.88. The van der Waals surface area contributed by atoms with E-state index in [0.29, 0.717) is 12.8 Å². The Bertz CT molecular complexity index is 434. The molecule has 1 aliphatic heterocycles. The van der Waals surface area contributed by atoms with Gasteiger partial charge in [0.1, 0.15) is 0 Å². The topological polar surface area (TPSA) is 60.8 Å². The molecule has 1 fully saturated rings. The molecule has 4 heteroatoms. The Balaban J connectivity index is 2.29. The molecule has 0 unspecified atom stereocenters. The summed E-state index contributed by atoms with van der Waals surface area (Å²) >= 11 is 0. The van der Waals surface area contributed by atoms with Gasteiger partial charge in [0.15, 0.2) is 0 Å². The molecule has 0 bridgehead atoms. The average molecular weight is 249 g/mol. The summed E-state index contributed by atoms with van der Waals surface area (Å²) in [6.45, 7) is 3.66. The summed E-state index contributed by atoms with van der Waals surface area (Å²) < 4.78 is 0. The molecular formula is C14H19NO3. The monoisotopic (exact) mass is 249 g/mol. The summed E-state index contributed by atoms with van der Waals surface area (Å²) in [5.74, 6) is 0. The molecule has 1 heterocycles. The lowest BCUT2D eigenvalue weighted by Gasteiger charge is -2.37. The maximum Gasteiger partial charge on any atom is 0.408 e. The standard InChI is InChI=1S/C14H19NO3/c1-10-8-12(16)14(2,15(10)13(17)18)9-11-6-4-3-5-7-11/h3-7,10,12,16H,8-9H2,1-2H3,(H,17,18)/t10-,12+,14+/m1/s1. The lowest BCUT2D eigenvalue weighted by molar-refractivity contribution is 0.0358. The van der Waals surface area contributed by atoms with E-state index in [2.05, 4.69) is 0 Å². The molecule has 0 radical (unpaired) electrons. The van der Waals surface area contributed by atoms with E-state index in [1.54, 1.807) is 0 Å². The van der Waals surface area contributed by atoms with Gasteiger partial charge in [0.2, 0.25) is 0 Å². The number of hydrogen-bond donors (Lipinski definition) is 2. The van der Waals surface area contributed by atoms with E-state index in [4.69, 9.17) is 0 Å². The number of carbonyl (C=O) groups is 1. The molecule has 0 aliphatic carbocycles. The number of nitrogens with zero attached hydrogens (tertiary/aromatic N) is 1. The van der Waals surface area contributed by atoms with E-state index in [1.165, 1.54) is 4.90 Å². The molecule has 2 rings (SSSR count). The minimum absolute atomic E-state index is 0.147. The Hall–Kier alpha value is -1.55. The predicted molar refractivity (Wildman–Crippen MR) is 68.5 cm³/mol. The van der Waals surface area contributed by atoms with Crippen molar-refractivity contribution in [1.29, 1.82) is 0 Å². The van der Waals surface area contributed by atoms with Gasteiger partial charge in [-0.15, -0.1) is 0 Å². The van der Waals surface area contributed by atoms with Crippen LogP contribution in [0.5, 0.6) is 0 Å². The number of hydrogen-bond acceptors (Lipinski definition) is 2. The van der Waals surface area contributed by atoms with Gasteiger partial charge in [0.25, 0.3) is 0 Å². The number of benzene rings is 1. The number of rotatable bonds is 2. The van der Waals surface area contributed by atoms with Crippen LogP contribution in [0.2, 0.25) is 0 Å². The van der Waals surface area contributed by atoms with Gasteiger partial charge in [0.05, 0.1) is 11.6 Å². The zero-order valence-electron chi connectivity index (χ0n) is 10.7. The number of aliphatic hydroxyl groups is 1. The van der Waals surface area contributed by atoms with Crippen LogP contribution in [0.15, 0.2) is 30.3 Å². The van der Waals surface area contributed by atoms with Crippen molar-refractivity contribution >= 4 is 6.09 Å². The highest BCUT2D eigenvalue weighted by Crippen LogP contribution is 2.36. The molecule has 0 spiro atoms. The average Bonchev–Trinajstić information content (AvgIpc) is 2.50. The highest BCUT2D eigenvalue weighted by molar-refractivity contribution is 5.67. The van der Waals surface area contributed by atoms with Crippen LogP contribution >= 0.6 is 0 Å². The summed E-state index contributed by atoms with van der Waals surface area (Å²) in [5, 5.41) is 19.5. The van der Waals surface area contributed by atoms with Crippen molar-refractivity contribution in [3.05, 3.63) is 35.9 Å². The molecule has 0 saturated carbocycles. The van der Waals surface area contributed by atoms with Crippen LogP contribution in [-0.4, -0.2) is 38.9 Å². The summed E-state index contributed by atoms with van der Waals surface area (Å²) in [5.41, 5.74) is 0.298. The molecule has 1 saturated heterocycles. The summed E-state index contributed by atoms with van der Waals surface area (Å²) in [6, 6.07) is 9.55. The van der Waals surface area contributed by atoms with Crippen LogP contribution in [0.4, 0.5) is 4.79 Å². The summed E-state index contributed by atoms with van der Waals surface area (Å²) in [4.78, 5) is 12.8. The number of aliphatic hydroxyl groups excluding tert-OH is 1. The van der Waals surface area contributed by atoms with Crippen molar-refractivity contribution < 1.29 is 15.0 Å². The second-order valence-corrected chi connectivity index (χ2v) is 5.27. The SMILES string of the molecule is C[C@@H]1C[C@H](O)[C@](C)(Cc2ccccc2)N1C(=O)O. The Labute approximate surface area is 107 Å². The van der Waals surface area contributed by atoms with Crippen LogP contribution in [0.3, 0.4) is 0 Å². The van der Waals surface area contributed by atoms with E-state index in [9.17, 15) is 15.0 Å². The van der Waals surface area contributed by atoms with Crippen LogP contribution in [0, 0.1) is 0 Å². The molecule has 3 atom stereocenters. The molecule has 1 amide bonds. The Kier molecular flexibility index (Phi) is 3.30. The summed E-state index contributed by atoms with van der Waals surface area (Å²) in [7, 11) is 0. The molecule has 98 valence electrons. The van der Waals surface area contributed by atoms with Crippen molar-refractivity contribution in [1.82, 2.24) is 4.90 Å². The van der Waals surface area contributed by atoms with Crippen molar-refractivity contribution in [2.45, 2.75) is 44.4 Å². The first-order chi connectivity index (χ1) is 8.45. The van der Waals surface area contributed by atoms with Gasteiger partial charge in [-0.3, -0.25) is 4.90 Å². The van der Waals surface area contributed by atoms with Crippen LogP contribution in [0.1, 0.15) is 25.8 Å².